The van der Waals surface area contributed by atoms with Crippen LogP contribution in [0.3, 0.4) is 0 Å². The highest BCUT2D eigenvalue weighted by atomic mass is 16.5. The number of nitrogens with zero attached hydrogens (tertiary/aromatic N) is 2. The van der Waals surface area contributed by atoms with Gasteiger partial charge in [0.2, 0.25) is 0 Å². The topological polar surface area (TPSA) is 35.0 Å². The maximum Gasteiger partial charge on any atom is 0.141 e. The number of hydrogen-bond donors (Lipinski definition) is 0. The van der Waals surface area contributed by atoms with Crippen molar-refractivity contribution in [3.8, 4) is 5.75 Å². The van der Waals surface area contributed by atoms with Crippen LogP contribution in [0.1, 0.15) is 19.8 Å². The molecular formula is C10H14N2O. The maximum atomic E-state index is 5.40. The molecule has 0 atom stereocenters. The highest BCUT2D eigenvalue weighted by Gasteiger charge is 1.89. The van der Waals surface area contributed by atoms with Gasteiger partial charge in [-0.2, -0.15) is 10.2 Å². The van der Waals surface area contributed by atoms with Gasteiger partial charge in [-0.15, -0.1) is 0 Å². The highest BCUT2D eigenvalue weighted by molar-refractivity contribution is 5.12. The van der Waals surface area contributed by atoms with E-state index in [9.17, 15) is 0 Å². The molecule has 3 heteroatoms. The first-order valence-corrected chi connectivity index (χ1v) is 4.48. The lowest BCUT2D eigenvalue weighted by Gasteiger charge is -2.01. The van der Waals surface area contributed by atoms with Crippen molar-refractivity contribution in [2.75, 3.05) is 6.61 Å². The minimum atomic E-state index is 0.697. The Morgan fingerprint density at radius 3 is 3.00 bits per heavy atom. The van der Waals surface area contributed by atoms with Gasteiger partial charge in [-0.05, 0) is 12.8 Å². The van der Waals surface area contributed by atoms with Gasteiger partial charge in [-0.1, -0.05) is 19.1 Å². The molecule has 0 aliphatic heterocycles. The van der Waals surface area contributed by atoms with E-state index in [0.717, 1.165) is 18.6 Å². The van der Waals surface area contributed by atoms with Crippen LogP contribution in [-0.4, -0.2) is 16.8 Å². The molecule has 1 aromatic rings. The van der Waals surface area contributed by atoms with Gasteiger partial charge in [0.25, 0.3) is 0 Å². The second-order valence-corrected chi connectivity index (χ2v) is 2.59. The summed E-state index contributed by atoms with van der Waals surface area (Å²) >= 11 is 0. The van der Waals surface area contributed by atoms with Crippen molar-refractivity contribution in [1.82, 2.24) is 10.2 Å². The van der Waals surface area contributed by atoms with Gasteiger partial charge in [0.1, 0.15) is 5.75 Å². The van der Waals surface area contributed by atoms with E-state index in [1.54, 1.807) is 18.5 Å². The third-order valence-corrected chi connectivity index (χ3v) is 1.51. The molecule has 1 heterocycles. The van der Waals surface area contributed by atoms with Crippen LogP contribution in [0.5, 0.6) is 5.75 Å². The summed E-state index contributed by atoms with van der Waals surface area (Å²) in [6.45, 7) is 2.81. The second kappa shape index (κ2) is 6.17. The van der Waals surface area contributed by atoms with Gasteiger partial charge < -0.3 is 4.74 Å². The van der Waals surface area contributed by atoms with Crippen LogP contribution >= 0.6 is 0 Å². The molecule has 0 amide bonds. The normalized spacial score (nSPS) is 10.5. The summed E-state index contributed by atoms with van der Waals surface area (Å²) in [5, 5.41) is 7.37. The number of allylic oxidation sites excluding steroid dienone is 1. The molecule has 0 N–H and O–H groups in total. The Hall–Kier alpha value is -1.38. The van der Waals surface area contributed by atoms with Crippen LogP contribution in [-0.2, 0) is 0 Å². The average Bonchev–Trinajstić information content (AvgIpc) is 2.19. The molecule has 0 aliphatic rings. The lowest BCUT2D eigenvalue weighted by molar-refractivity contribution is 0.322. The van der Waals surface area contributed by atoms with E-state index in [4.69, 9.17) is 4.74 Å². The molecule has 70 valence electrons. The van der Waals surface area contributed by atoms with Crippen LogP contribution in [0.25, 0.3) is 0 Å². The van der Waals surface area contributed by atoms with Crippen LogP contribution in [0.15, 0.2) is 30.6 Å². The lowest BCUT2D eigenvalue weighted by atomic mass is 10.3. The molecule has 0 radical (unpaired) electrons. The number of aromatic nitrogens is 2. The van der Waals surface area contributed by atoms with Gasteiger partial charge in [0, 0.05) is 6.07 Å². The molecule has 0 unspecified atom stereocenters. The van der Waals surface area contributed by atoms with Crippen molar-refractivity contribution in [2.24, 2.45) is 0 Å². The van der Waals surface area contributed by atoms with E-state index >= 15 is 0 Å². The molecule has 1 aromatic heterocycles. The van der Waals surface area contributed by atoms with E-state index in [1.165, 1.54) is 0 Å². The first-order valence-electron chi connectivity index (χ1n) is 4.48. The van der Waals surface area contributed by atoms with Gasteiger partial charge in [-0.3, -0.25) is 0 Å². The fourth-order valence-electron chi connectivity index (χ4n) is 0.893. The molecule has 0 aliphatic carbocycles. The molecule has 1 rings (SSSR count). The highest BCUT2D eigenvalue weighted by Crippen LogP contribution is 2.04. The van der Waals surface area contributed by atoms with E-state index < -0.39 is 0 Å². The summed E-state index contributed by atoms with van der Waals surface area (Å²) in [5.74, 6) is 0.778. The minimum Gasteiger partial charge on any atom is -0.492 e. The predicted octanol–water partition coefficient (Wildman–Crippen LogP) is 2.21. The van der Waals surface area contributed by atoms with Crippen molar-refractivity contribution in [3.63, 3.8) is 0 Å². The number of rotatable bonds is 5. The first kappa shape index (κ1) is 9.71. The fourth-order valence-corrected chi connectivity index (χ4v) is 0.893. The smallest absolute Gasteiger partial charge is 0.141 e. The Bertz CT molecular complexity index is 246. The standard InChI is InChI=1S/C10H14N2O/c1-2-3-4-5-8-13-10-6-7-11-12-9-10/h3-4,6-7,9H,2,5,8H2,1H3/b4-3+. The maximum absolute atomic E-state index is 5.40. The minimum absolute atomic E-state index is 0.697. The third kappa shape index (κ3) is 4.25. The molecule has 0 bridgehead atoms. The Labute approximate surface area is 78.5 Å². The Kier molecular flexibility index (Phi) is 4.61. The zero-order valence-electron chi connectivity index (χ0n) is 7.81. The van der Waals surface area contributed by atoms with Crippen molar-refractivity contribution in [3.05, 3.63) is 30.6 Å². The molecular weight excluding hydrogens is 164 g/mol. The first-order chi connectivity index (χ1) is 6.43. The summed E-state index contributed by atoms with van der Waals surface area (Å²) in [6.07, 6.45) is 9.51. The largest absolute Gasteiger partial charge is 0.492 e. The van der Waals surface area contributed by atoms with Crippen molar-refractivity contribution in [2.45, 2.75) is 19.8 Å². The Morgan fingerprint density at radius 2 is 2.31 bits per heavy atom. The molecule has 3 nitrogen and oxygen atoms in total. The summed E-state index contributed by atoms with van der Waals surface area (Å²) in [5.41, 5.74) is 0. The summed E-state index contributed by atoms with van der Waals surface area (Å²) in [6, 6.07) is 1.80. The Balaban J connectivity index is 2.17. The van der Waals surface area contributed by atoms with Gasteiger partial charge in [0.15, 0.2) is 0 Å². The fraction of sp³-hybridized carbons (Fsp3) is 0.400. The van der Waals surface area contributed by atoms with Gasteiger partial charge in [-0.25, -0.2) is 0 Å². The van der Waals surface area contributed by atoms with E-state index in [1.807, 2.05) is 0 Å². The van der Waals surface area contributed by atoms with E-state index in [0.29, 0.717) is 6.61 Å². The zero-order chi connectivity index (χ0) is 9.36. The number of ether oxygens (including phenoxy) is 1. The predicted molar refractivity (Wildman–Crippen MR) is 51.6 cm³/mol. The third-order valence-electron chi connectivity index (χ3n) is 1.51. The molecule has 13 heavy (non-hydrogen) atoms. The second-order valence-electron chi connectivity index (χ2n) is 2.59. The average molecular weight is 178 g/mol. The molecule has 0 spiro atoms. The number of hydrogen-bond acceptors (Lipinski definition) is 3. The molecule has 0 saturated heterocycles. The molecule has 0 aromatic carbocycles. The lowest BCUT2D eigenvalue weighted by Crippen LogP contribution is -1.96. The summed E-state index contributed by atoms with van der Waals surface area (Å²) in [4.78, 5) is 0. The van der Waals surface area contributed by atoms with Crippen molar-refractivity contribution < 1.29 is 4.74 Å². The van der Waals surface area contributed by atoms with E-state index in [-0.39, 0.29) is 0 Å². The van der Waals surface area contributed by atoms with Crippen LogP contribution in [0.4, 0.5) is 0 Å². The van der Waals surface area contributed by atoms with Crippen molar-refractivity contribution in [1.29, 1.82) is 0 Å². The SMILES string of the molecule is CC/C=C/CCOc1ccnnc1. The van der Waals surface area contributed by atoms with Gasteiger partial charge in [0.05, 0.1) is 19.0 Å². The van der Waals surface area contributed by atoms with Gasteiger partial charge >= 0.3 is 0 Å². The Morgan fingerprint density at radius 1 is 1.38 bits per heavy atom. The van der Waals surface area contributed by atoms with Crippen LogP contribution < -0.4 is 4.74 Å². The van der Waals surface area contributed by atoms with Crippen LogP contribution in [0.2, 0.25) is 0 Å². The zero-order valence-corrected chi connectivity index (χ0v) is 7.81. The van der Waals surface area contributed by atoms with E-state index in [2.05, 4.69) is 29.3 Å². The van der Waals surface area contributed by atoms with Crippen molar-refractivity contribution >= 4 is 0 Å². The quantitative estimate of drug-likeness (QED) is 0.512. The monoisotopic (exact) mass is 178 g/mol. The summed E-state index contributed by atoms with van der Waals surface area (Å²) < 4.78 is 5.40. The van der Waals surface area contributed by atoms with Crippen LogP contribution in [0, 0.1) is 0 Å². The molecule has 0 saturated carbocycles. The summed E-state index contributed by atoms with van der Waals surface area (Å²) in [7, 11) is 0. The molecule has 0 fully saturated rings.